The van der Waals surface area contributed by atoms with Gasteiger partial charge in [0.1, 0.15) is 11.3 Å². The summed E-state index contributed by atoms with van der Waals surface area (Å²) in [5.41, 5.74) is 7.89. The Morgan fingerprint density at radius 2 is 1.85 bits per heavy atom. The van der Waals surface area contributed by atoms with Crippen molar-refractivity contribution in [1.29, 1.82) is 0 Å². The van der Waals surface area contributed by atoms with Crippen LogP contribution in [0.1, 0.15) is 27.4 Å². The quantitative estimate of drug-likeness (QED) is 0.631. The molecule has 0 fully saturated rings. The number of carbonyl (C=O) groups excluding carboxylic acids is 2. The molecule has 0 spiro atoms. The van der Waals surface area contributed by atoms with Gasteiger partial charge in [-0.3, -0.25) is 14.9 Å². The Bertz CT molecular complexity index is 1070. The van der Waals surface area contributed by atoms with Crippen LogP contribution in [0.25, 0.3) is 11.0 Å². The number of amides is 2. The number of nitrogens with zero attached hydrogens (tertiary/aromatic N) is 3. The van der Waals surface area contributed by atoms with Crippen LogP contribution in [0.5, 0.6) is 0 Å². The first kappa shape index (κ1) is 19.2. The average molecular weight is 405 g/mol. The first-order valence-corrected chi connectivity index (χ1v) is 9.69. The van der Waals surface area contributed by atoms with Crippen LogP contribution >= 0.6 is 23.1 Å². The van der Waals surface area contributed by atoms with Crippen molar-refractivity contribution in [3.8, 4) is 0 Å². The van der Waals surface area contributed by atoms with E-state index in [4.69, 9.17) is 5.73 Å². The first-order chi connectivity index (χ1) is 12.7. The third kappa shape index (κ3) is 4.22. The second kappa shape index (κ2) is 7.57. The molecule has 3 aromatic rings. The van der Waals surface area contributed by atoms with Gasteiger partial charge in [0.15, 0.2) is 5.13 Å². The summed E-state index contributed by atoms with van der Waals surface area (Å²) in [7, 11) is 0. The number of halogens is 1. The van der Waals surface area contributed by atoms with Crippen molar-refractivity contribution < 1.29 is 14.0 Å². The van der Waals surface area contributed by atoms with Crippen molar-refractivity contribution in [3.05, 3.63) is 40.6 Å². The Morgan fingerprint density at radius 1 is 1.15 bits per heavy atom. The van der Waals surface area contributed by atoms with E-state index < -0.39 is 17.6 Å². The van der Waals surface area contributed by atoms with Gasteiger partial charge in [-0.2, -0.15) is 0 Å². The van der Waals surface area contributed by atoms with Gasteiger partial charge in [0.05, 0.1) is 38.1 Å². The van der Waals surface area contributed by atoms with Crippen LogP contribution in [0, 0.1) is 26.6 Å². The van der Waals surface area contributed by atoms with Crippen molar-refractivity contribution in [3.63, 3.8) is 0 Å². The Balaban J connectivity index is 1.92. The zero-order valence-corrected chi connectivity index (χ0v) is 16.4. The Labute approximate surface area is 162 Å². The van der Waals surface area contributed by atoms with Gasteiger partial charge in [-0.1, -0.05) is 11.3 Å². The topological polar surface area (TPSA) is 111 Å². The molecule has 0 radical (unpaired) electrons. The van der Waals surface area contributed by atoms with Crippen LogP contribution in [0.4, 0.5) is 9.52 Å². The van der Waals surface area contributed by atoms with Gasteiger partial charge in [-0.15, -0.1) is 11.8 Å². The molecular formula is C17H16FN5O2S2. The SMILES string of the molecule is Cc1nc2cc(F)cc(C(=O)Nc3nc(C)c(SCC(N)=O)s3)c2nc1C. The molecule has 1 aromatic carbocycles. The Kier molecular flexibility index (Phi) is 5.38. The highest BCUT2D eigenvalue weighted by Crippen LogP contribution is 2.32. The van der Waals surface area contributed by atoms with E-state index in [-0.39, 0.29) is 11.3 Å². The van der Waals surface area contributed by atoms with Gasteiger partial charge in [0.25, 0.3) is 5.91 Å². The standard InChI is InChI=1S/C17H16FN5O2S2/c1-7-8(2)21-14-11(4-10(18)5-12(14)20-7)15(25)23-17-22-9(3)16(27-17)26-6-13(19)24/h4-5H,6H2,1-3H3,(H2,19,24)(H,22,23,25). The van der Waals surface area contributed by atoms with E-state index in [1.807, 2.05) is 0 Å². The minimum atomic E-state index is -0.571. The number of hydrogen-bond acceptors (Lipinski definition) is 7. The molecular weight excluding hydrogens is 389 g/mol. The second-order valence-electron chi connectivity index (χ2n) is 5.82. The summed E-state index contributed by atoms with van der Waals surface area (Å²) in [6.45, 7) is 5.32. The van der Waals surface area contributed by atoms with Gasteiger partial charge >= 0.3 is 0 Å². The maximum absolute atomic E-state index is 14.0. The number of fused-ring (bicyclic) bond motifs is 1. The molecule has 7 nitrogen and oxygen atoms in total. The van der Waals surface area contributed by atoms with Crippen LogP contribution in [0.3, 0.4) is 0 Å². The molecule has 2 aromatic heterocycles. The molecule has 0 bridgehead atoms. The number of aromatic nitrogens is 3. The minimum absolute atomic E-state index is 0.0831. The summed E-state index contributed by atoms with van der Waals surface area (Å²) in [4.78, 5) is 36.6. The molecule has 3 rings (SSSR count). The Hall–Kier alpha value is -2.59. The molecule has 27 heavy (non-hydrogen) atoms. The lowest BCUT2D eigenvalue weighted by Gasteiger charge is -2.08. The number of benzene rings is 1. The van der Waals surface area contributed by atoms with E-state index in [2.05, 4.69) is 20.3 Å². The molecule has 0 atom stereocenters. The number of rotatable bonds is 5. The lowest BCUT2D eigenvalue weighted by Crippen LogP contribution is -2.14. The fourth-order valence-electron chi connectivity index (χ4n) is 2.34. The molecule has 140 valence electrons. The summed E-state index contributed by atoms with van der Waals surface area (Å²) in [5.74, 6) is -1.41. The number of nitrogens with one attached hydrogen (secondary N) is 1. The number of hydrogen-bond donors (Lipinski definition) is 2. The van der Waals surface area contributed by atoms with Crippen LogP contribution in [0.2, 0.25) is 0 Å². The zero-order chi connectivity index (χ0) is 19.7. The van der Waals surface area contributed by atoms with Crippen LogP contribution in [-0.4, -0.2) is 32.5 Å². The number of anilines is 1. The largest absolute Gasteiger partial charge is 0.369 e. The van der Waals surface area contributed by atoms with Gasteiger partial charge < -0.3 is 5.73 Å². The summed E-state index contributed by atoms with van der Waals surface area (Å²) >= 11 is 2.48. The predicted octanol–water partition coefficient (Wildman–Crippen LogP) is 2.98. The van der Waals surface area contributed by atoms with Crippen molar-refractivity contribution in [1.82, 2.24) is 15.0 Å². The van der Waals surface area contributed by atoms with Crippen LogP contribution in [-0.2, 0) is 4.79 Å². The van der Waals surface area contributed by atoms with Gasteiger partial charge in [0.2, 0.25) is 5.91 Å². The molecule has 0 aliphatic carbocycles. The summed E-state index contributed by atoms with van der Waals surface area (Å²) in [6, 6.07) is 2.38. The molecule has 0 saturated heterocycles. The van der Waals surface area contributed by atoms with Crippen LogP contribution < -0.4 is 11.1 Å². The van der Waals surface area contributed by atoms with Gasteiger partial charge in [-0.25, -0.2) is 19.3 Å². The maximum atomic E-state index is 14.0. The summed E-state index contributed by atoms with van der Waals surface area (Å²) < 4.78 is 14.7. The van der Waals surface area contributed by atoms with Crippen molar-refractivity contribution in [2.45, 2.75) is 25.0 Å². The van der Waals surface area contributed by atoms with E-state index >= 15 is 0 Å². The van der Waals surface area contributed by atoms with E-state index in [1.165, 1.54) is 29.2 Å². The number of thiazole rings is 1. The van der Waals surface area contributed by atoms with E-state index in [0.29, 0.717) is 33.2 Å². The van der Waals surface area contributed by atoms with Crippen LogP contribution in [0.15, 0.2) is 16.3 Å². The second-order valence-corrected chi connectivity index (χ2v) is 8.06. The molecule has 0 unspecified atom stereocenters. The summed E-state index contributed by atoms with van der Waals surface area (Å²) in [5, 5.41) is 3.01. The van der Waals surface area contributed by atoms with E-state index in [9.17, 15) is 14.0 Å². The van der Waals surface area contributed by atoms with Crippen molar-refractivity contribution >= 4 is 51.1 Å². The number of primary amides is 1. The fourth-order valence-corrected chi connectivity index (χ4v) is 4.21. The smallest absolute Gasteiger partial charge is 0.259 e. The molecule has 10 heteroatoms. The summed E-state index contributed by atoms with van der Waals surface area (Å²) in [6.07, 6.45) is 0. The number of nitrogens with two attached hydrogens (primary N) is 1. The lowest BCUT2D eigenvalue weighted by atomic mass is 10.1. The maximum Gasteiger partial charge on any atom is 0.259 e. The Morgan fingerprint density at radius 3 is 2.56 bits per heavy atom. The normalized spacial score (nSPS) is 11.0. The van der Waals surface area contributed by atoms with E-state index in [1.54, 1.807) is 20.8 Å². The molecule has 2 heterocycles. The highest BCUT2D eigenvalue weighted by Gasteiger charge is 2.18. The molecule has 2 amide bonds. The van der Waals surface area contributed by atoms with E-state index in [0.717, 1.165) is 10.3 Å². The molecule has 0 aliphatic rings. The number of aryl methyl sites for hydroxylation is 3. The predicted molar refractivity (Wildman–Crippen MR) is 104 cm³/mol. The number of carbonyl (C=O) groups is 2. The monoisotopic (exact) mass is 405 g/mol. The zero-order valence-electron chi connectivity index (χ0n) is 14.8. The minimum Gasteiger partial charge on any atom is -0.369 e. The highest BCUT2D eigenvalue weighted by molar-refractivity contribution is 8.01. The molecule has 0 saturated carbocycles. The van der Waals surface area contributed by atoms with Gasteiger partial charge in [-0.05, 0) is 26.8 Å². The molecule has 0 aliphatic heterocycles. The average Bonchev–Trinajstić information content (AvgIpc) is 2.93. The third-order valence-electron chi connectivity index (χ3n) is 3.71. The lowest BCUT2D eigenvalue weighted by molar-refractivity contribution is -0.115. The highest BCUT2D eigenvalue weighted by atomic mass is 32.2. The van der Waals surface area contributed by atoms with Crippen molar-refractivity contribution in [2.75, 3.05) is 11.1 Å². The first-order valence-electron chi connectivity index (χ1n) is 7.89. The molecule has 3 N–H and O–H groups in total. The third-order valence-corrected chi connectivity index (χ3v) is 6.17. The van der Waals surface area contributed by atoms with Gasteiger partial charge in [0, 0.05) is 6.07 Å². The number of thioether (sulfide) groups is 1. The fraction of sp³-hybridized carbons (Fsp3) is 0.235. The van der Waals surface area contributed by atoms with Crippen molar-refractivity contribution in [2.24, 2.45) is 5.73 Å².